The molecule has 0 radical (unpaired) electrons. The molecule has 0 saturated carbocycles. The maximum Gasteiger partial charge on any atom is 0.253 e. The van der Waals surface area contributed by atoms with Crippen molar-refractivity contribution < 1.29 is 13.2 Å². The summed E-state index contributed by atoms with van der Waals surface area (Å²) in [6, 6.07) is 18.6. The van der Waals surface area contributed by atoms with Gasteiger partial charge in [-0.25, -0.2) is 13.1 Å². The highest BCUT2D eigenvalue weighted by atomic mass is 32.2. The van der Waals surface area contributed by atoms with Crippen molar-refractivity contribution in [3.05, 3.63) is 88.9 Å². The summed E-state index contributed by atoms with van der Waals surface area (Å²) in [5.41, 5.74) is 3.62. The molecule has 0 fully saturated rings. The van der Waals surface area contributed by atoms with E-state index in [2.05, 4.69) is 0 Å². The number of carbonyl (C=O) groups excluding carboxylic acids is 1. The Bertz CT molecular complexity index is 1360. The van der Waals surface area contributed by atoms with Crippen molar-refractivity contribution in [2.24, 2.45) is 0 Å². The molecule has 4 rings (SSSR count). The smallest absolute Gasteiger partial charge is 0.253 e. The Hall–Kier alpha value is -3.23. The first-order valence-electron chi connectivity index (χ1n) is 9.98. The minimum absolute atomic E-state index is 0.174. The number of para-hydroxylation sites is 1. The lowest BCUT2D eigenvalue weighted by Crippen LogP contribution is -2.26. The molecular weight excluding hydrogens is 442 g/mol. The van der Waals surface area contributed by atoms with E-state index in [1.54, 1.807) is 42.3 Å². The van der Waals surface area contributed by atoms with Gasteiger partial charge in [0.25, 0.3) is 5.91 Å². The van der Waals surface area contributed by atoms with Gasteiger partial charge in [-0.3, -0.25) is 4.79 Å². The first-order chi connectivity index (χ1) is 15.2. The lowest BCUT2D eigenvalue weighted by molar-refractivity contribution is 0.0785. The number of hydrogen-bond acceptors (Lipinski definition) is 5. The van der Waals surface area contributed by atoms with Crippen molar-refractivity contribution in [1.29, 1.82) is 0 Å². The summed E-state index contributed by atoms with van der Waals surface area (Å²) in [6.45, 7) is 2.06. The number of hydrogen-bond donors (Lipinski definition) is 0. The maximum atomic E-state index is 13.1. The lowest BCUT2D eigenvalue weighted by atomic mass is 10.1. The molecule has 164 valence electrons. The molecule has 0 unspecified atom stereocenters. The summed E-state index contributed by atoms with van der Waals surface area (Å²) in [5.74, 6) is -0.250. The van der Waals surface area contributed by atoms with Gasteiger partial charge in [0.15, 0.2) is 9.84 Å². The van der Waals surface area contributed by atoms with Crippen LogP contribution < -0.4 is 0 Å². The highest BCUT2D eigenvalue weighted by Crippen LogP contribution is 2.29. The van der Waals surface area contributed by atoms with Crippen LogP contribution in [0, 0.1) is 6.92 Å². The minimum Gasteiger partial charge on any atom is -0.337 e. The molecular formula is C24H23N3O3S2. The molecule has 0 aliphatic heterocycles. The molecule has 0 aliphatic rings. The molecule has 1 amide bonds. The molecule has 2 aromatic carbocycles. The number of sulfone groups is 1. The third-order valence-electron chi connectivity index (χ3n) is 5.15. The van der Waals surface area contributed by atoms with Gasteiger partial charge in [-0.15, -0.1) is 11.3 Å². The largest absolute Gasteiger partial charge is 0.337 e. The predicted molar refractivity (Wildman–Crippen MR) is 127 cm³/mol. The van der Waals surface area contributed by atoms with E-state index in [0.29, 0.717) is 17.7 Å². The summed E-state index contributed by atoms with van der Waals surface area (Å²) in [7, 11) is -1.71. The van der Waals surface area contributed by atoms with Crippen LogP contribution in [-0.4, -0.2) is 42.3 Å². The van der Waals surface area contributed by atoms with Crippen molar-refractivity contribution in [1.82, 2.24) is 14.7 Å². The highest BCUT2D eigenvalue weighted by molar-refractivity contribution is 7.90. The Morgan fingerprint density at radius 1 is 1.09 bits per heavy atom. The van der Waals surface area contributed by atoms with E-state index in [4.69, 9.17) is 5.10 Å². The van der Waals surface area contributed by atoms with Crippen LogP contribution in [0.4, 0.5) is 0 Å². The van der Waals surface area contributed by atoms with E-state index in [1.807, 2.05) is 58.7 Å². The van der Waals surface area contributed by atoms with Crippen LogP contribution in [0.1, 0.15) is 21.5 Å². The summed E-state index contributed by atoms with van der Waals surface area (Å²) in [5, 5.41) is 6.77. The Morgan fingerprint density at radius 3 is 2.50 bits per heavy atom. The number of aromatic nitrogens is 2. The molecule has 0 aliphatic carbocycles. The molecule has 4 aromatic rings. The van der Waals surface area contributed by atoms with Crippen molar-refractivity contribution in [2.45, 2.75) is 18.4 Å². The molecule has 0 atom stereocenters. The zero-order valence-corrected chi connectivity index (χ0v) is 19.7. The molecule has 0 bridgehead atoms. The fraction of sp³-hybridized carbons (Fsp3) is 0.167. The van der Waals surface area contributed by atoms with E-state index in [1.165, 1.54) is 6.07 Å². The molecule has 8 heteroatoms. The molecule has 0 N–H and O–H groups in total. The standard InChI is InChI=1S/C24H23N3O3S2/c1-17-11-12-18(14-22(17)32(3,29)30)24(28)26(2)15-19-16-27(20-8-5-4-6-9-20)25-23(19)21-10-7-13-31-21/h4-14,16H,15H2,1-3H3. The van der Waals surface area contributed by atoms with Crippen LogP contribution in [0.25, 0.3) is 16.3 Å². The lowest BCUT2D eigenvalue weighted by Gasteiger charge is -2.18. The number of amides is 1. The van der Waals surface area contributed by atoms with Crippen LogP contribution >= 0.6 is 11.3 Å². The Morgan fingerprint density at radius 2 is 1.84 bits per heavy atom. The van der Waals surface area contributed by atoms with Gasteiger partial charge in [0.05, 0.1) is 15.5 Å². The van der Waals surface area contributed by atoms with Crippen LogP contribution in [0.5, 0.6) is 0 Å². The fourth-order valence-corrected chi connectivity index (χ4v) is 5.28. The van der Waals surface area contributed by atoms with E-state index < -0.39 is 9.84 Å². The van der Waals surface area contributed by atoms with Gasteiger partial charge in [0, 0.05) is 37.2 Å². The monoisotopic (exact) mass is 465 g/mol. The normalized spacial score (nSPS) is 11.5. The number of nitrogens with zero attached hydrogens (tertiary/aromatic N) is 3. The van der Waals surface area contributed by atoms with Crippen molar-refractivity contribution in [3.8, 4) is 16.3 Å². The first-order valence-corrected chi connectivity index (χ1v) is 12.7. The number of aryl methyl sites for hydroxylation is 1. The number of thiophene rings is 1. The summed E-state index contributed by atoms with van der Waals surface area (Å²) >= 11 is 1.59. The van der Waals surface area contributed by atoms with Crippen molar-refractivity contribution in [3.63, 3.8) is 0 Å². The topological polar surface area (TPSA) is 72.3 Å². The van der Waals surface area contributed by atoms with Gasteiger partial charge in [-0.1, -0.05) is 30.3 Å². The van der Waals surface area contributed by atoms with E-state index in [0.717, 1.165) is 28.1 Å². The van der Waals surface area contributed by atoms with Gasteiger partial charge in [0.2, 0.25) is 0 Å². The summed E-state index contributed by atoms with van der Waals surface area (Å²) < 4.78 is 26.0. The van der Waals surface area contributed by atoms with Crippen LogP contribution in [0.15, 0.2) is 77.1 Å². The van der Waals surface area contributed by atoms with Gasteiger partial charge in [0.1, 0.15) is 5.69 Å². The van der Waals surface area contributed by atoms with Gasteiger partial charge >= 0.3 is 0 Å². The Balaban J connectivity index is 1.67. The second-order valence-corrected chi connectivity index (χ2v) is 10.6. The van der Waals surface area contributed by atoms with E-state index in [-0.39, 0.29) is 10.8 Å². The van der Waals surface area contributed by atoms with Gasteiger partial charge < -0.3 is 4.90 Å². The third kappa shape index (κ3) is 4.51. The van der Waals surface area contributed by atoms with Crippen molar-refractivity contribution in [2.75, 3.05) is 13.3 Å². The zero-order chi connectivity index (χ0) is 22.9. The van der Waals surface area contributed by atoms with E-state index >= 15 is 0 Å². The number of rotatable bonds is 6. The minimum atomic E-state index is -3.42. The Labute approximate surface area is 191 Å². The molecule has 2 heterocycles. The number of benzene rings is 2. The average molecular weight is 466 g/mol. The second-order valence-electron chi connectivity index (χ2n) is 7.67. The average Bonchev–Trinajstić information content (AvgIpc) is 3.43. The summed E-state index contributed by atoms with van der Waals surface area (Å²) in [6.07, 6.45) is 3.09. The van der Waals surface area contributed by atoms with E-state index in [9.17, 15) is 13.2 Å². The third-order valence-corrected chi connectivity index (χ3v) is 7.27. The van der Waals surface area contributed by atoms with Crippen molar-refractivity contribution >= 4 is 27.1 Å². The molecule has 6 nitrogen and oxygen atoms in total. The second kappa shape index (κ2) is 8.72. The zero-order valence-electron chi connectivity index (χ0n) is 18.0. The molecule has 2 aromatic heterocycles. The maximum absolute atomic E-state index is 13.1. The molecule has 0 saturated heterocycles. The van der Waals surface area contributed by atoms with Gasteiger partial charge in [-0.2, -0.15) is 5.10 Å². The Kier molecular flexibility index (Phi) is 5.99. The quantitative estimate of drug-likeness (QED) is 0.418. The number of carbonyl (C=O) groups is 1. The van der Waals surface area contributed by atoms with Crippen LogP contribution in [0.2, 0.25) is 0 Å². The first kappa shape index (κ1) is 22.0. The van der Waals surface area contributed by atoms with Crippen LogP contribution in [0.3, 0.4) is 0 Å². The highest BCUT2D eigenvalue weighted by Gasteiger charge is 2.20. The molecule has 32 heavy (non-hydrogen) atoms. The molecule has 0 spiro atoms. The predicted octanol–water partition coefficient (Wildman–Crippen LogP) is 4.58. The SMILES string of the molecule is Cc1ccc(C(=O)N(C)Cc2cn(-c3ccccc3)nc2-c2cccs2)cc1S(C)(=O)=O. The summed E-state index contributed by atoms with van der Waals surface area (Å²) in [4.78, 5) is 15.9. The van der Waals surface area contributed by atoms with Gasteiger partial charge in [-0.05, 0) is 48.2 Å². The fourth-order valence-electron chi connectivity index (χ4n) is 3.54. The van der Waals surface area contributed by atoms with Crippen LogP contribution in [-0.2, 0) is 16.4 Å².